The van der Waals surface area contributed by atoms with Gasteiger partial charge in [0.25, 0.3) is 5.91 Å². The first-order chi connectivity index (χ1) is 13.8. The minimum atomic E-state index is -4.38. The SMILES string of the molecule is Cc1ccc(Cn2cc(NC(=O)c3cccc(COCC(F)(F)F)c3)cn2)cc1. The maximum absolute atomic E-state index is 12.4. The van der Waals surface area contributed by atoms with Gasteiger partial charge in [0.15, 0.2) is 0 Å². The Labute approximate surface area is 166 Å². The first kappa shape index (κ1) is 20.6. The summed E-state index contributed by atoms with van der Waals surface area (Å²) in [6.45, 7) is 1.03. The number of hydrogen-bond acceptors (Lipinski definition) is 3. The van der Waals surface area contributed by atoms with E-state index >= 15 is 0 Å². The van der Waals surface area contributed by atoms with Gasteiger partial charge in [-0.15, -0.1) is 0 Å². The summed E-state index contributed by atoms with van der Waals surface area (Å²) in [6.07, 6.45) is -1.12. The quantitative estimate of drug-likeness (QED) is 0.629. The highest BCUT2D eigenvalue weighted by Gasteiger charge is 2.27. The fourth-order valence-corrected chi connectivity index (χ4v) is 2.69. The Morgan fingerprint density at radius 2 is 1.90 bits per heavy atom. The van der Waals surface area contributed by atoms with Crippen molar-refractivity contribution in [1.29, 1.82) is 0 Å². The van der Waals surface area contributed by atoms with Gasteiger partial charge < -0.3 is 10.1 Å². The number of alkyl halides is 3. The Bertz CT molecular complexity index is 966. The number of hydrogen-bond donors (Lipinski definition) is 1. The summed E-state index contributed by atoms with van der Waals surface area (Å²) in [5.41, 5.74) is 3.60. The maximum atomic E-state index is 12.4. The minimum absolute atomic E-state index is 0.227. The lowest BCUT2D eigenvalue weighted by atomic mass is 10.1. The van der Waals surface area contributed by atoms with Crippen molar-refractivity contribution in [3.8, 4) is 0 Å². The number of nitrogens with zero attached hydrogens (tertiary/aromatic N) is 2. The molecule has 0 fully saturated rings. The molecule has 1 heterocycles. The fourth-order valence-electron chi connectivity index (χ4n) is 2.69. The number of amides is 1. The number of carbonyl (C=O) groups excluding carboxylic acids is 1. The molecule has 5 nitrogen and oxygen atoms in total. The minimum Gasteiger partial charge on any atom is -0.367 e. The number of ether oxygens (including phenoxy) is 1. The Kier molecular flexibility index (Phi) is 6.33. The maximum Gasteiger partial charge on any atom is 0.411 e. The molecule has 0 atom stereocenters. The highest BCUT2D eigenvalue weighted by molar-refractivity contribution is 6.04. The van der Waals surface area contributed by atoms with Crippen LogP contribution in [0.4, 0.5) is 18.9 Å². The molecule has 2 aromatic carbocycles. The van der Waals surface area contributed by atoms with E-state index < -0.39 is 12.8 Å². The Morgan fingerprint density at radius 3 is 2.62 bits per heavy atom. The first-order valence-electron chi connectivity index (χ1n) is 8.91. The zero-order valence-electron chi connectivity index (χ0n) is 15.7. The highest BCUT2D eigenvalue weighted by atomic mass is 19.4. The zero-order valence-corrected chi connectivity index (χ0v) is 15.7. The van der Waals surface area contributed by atoms with Gasteiger partial charge in [-0.2, -0.15) is 18.3 Å². The number of carbonyl (C=O) groups is 1. The Balaban J connectivity index is 1.58. The van der Waals surface area contributed by atoms with Gasteiger partial charge in [0.2, 0.25) is 0 Å². The first-order valence-corrected chi connectivity index (χ1v) is 8.91. The lowest BCUT2D eigenvalue weighted by Gasteiger charge is -2.09. The molecule has 3 aromatic rings. The molecule has 1 amide bonds. The van der Waals surface area contributed by atoms with Crippen molar-refractivity contribution in [2.24, 2.45) is 0 Å². The standard InChI is InChI=1S/C21H20F3N3O2/c1-15-5-7-16(8-6-15)11-27-12-19(10-25-27)26-20(28)18-4-2-3-17(9-18)13-29-14-21(22,23)24/h2-10,12H,11,13-14H2,1H3,(H,26,28). The van der Waals surface area contributed by atoms with Crippen LogP contribution < -0.4 is 5.32 Å². The number of rotatable bonds is 7. The molecule has 0 saturated carbocycles. The van der Waals surface area contributed by atoms with Crippen LogP contribution in [0, 0.1) is 6.92 Å². The molecule has 1 aromatic heterocycles. The van der Waals surface area contributed by atoms with Gasteiger partial charge in [0.1, 0.15) is 6.61 Å². The van der Waals surface area contributed by atoms with Crippen molar-refractivity contribution >= 4 is 11.6 Å². The molecule has 3 rings (SSSR count). The van der Waals surface area contributed by atoms with E-state index in [1.165, 1.54) is 11.6 Å². The summed E-state index contributed by atoms with van der Waals surface area (Å²) < 4.78 is 42.8. The number of aryl methyl sites for hydroxylation is 1. The topological polar surface area (TPSA) is 56.2 Å². The van der Waals surface area contributed by atoms with E-state index in [1.807, 2.05) is 31.2 Å². The second kappa shape index (κ2) is 8.91. The molecule has 1 N–H and O–H groups in total. The van der Waals surface area contributed by atoms with Crippen LogP contribution in [-0.2, 0) is 17.9 Å². The average Bonchev–Trinajstić information content (AvgIpc) is 3.09. The molecule has 152 valence electrons. The van der Waals surface area contributed by atoms with E-state index in [0.29, 0.717) is 23.4 Å². The van der Waals surface area contributed by atoms with Gasteiger partial charge in [0, 0.05) is 11.8 Å². The second-order valence-electron chi connectivity index (χ2n) is 6.67. The van der Waals surface area contributed by atoms with Crippen LogP contribution in [-0.4, -0.2) is 28.5 Å². The molecule has 0 radical (unpaired) electrons. The van der Waals surface area contributed by atoms with E-state index in [0.717, 1.165) is 5.56 Å². The van der Waals surface area contributed by atoms with Gasteiger partial charge in [-0.1, -0.05) is 42.0 Å². The van der Waals surface area contributed by atoms with Crippen LogP contribution in [0.3, 0.4) is 0 Å². The summed E-state index contributed by atoms with van der Waals surface area (Å²) in [5.74, 6) is -0.377. The molecule has 29 heavy (non-hydrogen) atoms. The van der Waals surface area contributed by atoms with Gasteiger partial charge in [-0.25, -0.2) is 0 Å². The second-order valence-corrected chi connectivity index (χ2v) is 6.67. The molecular formula is C21H20F3N3O2. The fraction of sp³-hybridized carbons (Fsp3) is 0.238. The molecule has 0 saturated heterocycles. The van der Waals surface area contributed by atoms with E-state index in [-0.39, 0.29) is 12.5 Å². The van der Waals surface area contributed by atoms with E-state index in [2.05, 4.69) is 15.2 Å². The molecule has 0 aliphatic rings. The van der Waals surface area contributed by atoms with E-state index in [1.54, 1.807) is 35.3 Å². The average molecular weight is 403 g/mol. The van der Waals surface area contributed by atoms with Gasteiger partial charge in [-0.05, 0) is 30.2 Å². The number of benzene rings is 2. The zero-order chi connectivity index (χ0) is 20.9. The summed E-state index contributed by atoms with van der Waals surface area (Å²) in [6, 6.07) is 14.4. The highest BCUT2D eigenvalue weighted by Crippen LogP contribution is 2.16. The van der Waals surface area contributed by atoms with Crippen LogP contribution in [0.15, 0.2) is 60.9 Å². The normalized spacial score (nSPS) is 11.4. The van der Waals surface area contributed by atoms with Gasteiger partial charge >= 0.3 is 6.18 Å². The lowest BCUT2D eigenvalue weighted by Crippen LogP contribution is -2.17. The van der Waals surface area contributed by atoms with Gasteiger partial charge in [-0.3, -0.25) is 9.48 Å². The predicted molar refractivity (Wildman–Crippen MR) is 103 cm³/mol. The molecule has 8 heteroatoms. The largest absolute Gasteiger partial charge is 0.411 e. The third-order valence-electron chi connectivity index (χ3n) is 4.08. The third-order valence-corrected chi connectivity index (χ3v) is 4.08. The van der Waals surface area contributed by atoms with Crippen molar-refractivity contribution in [3.63, 3.8) is 0 Å². The summed E-state index contributed by atoms with van der Waals surface area (Å²) in [5, 5.41) is 6.98. The summed E-state index contributed by atoms with van der Waals surface area (Å²) in [7, 11) is 0. The van der Waals surface area contributed by atoms with Crippen LogP contribution >= 0.6 is 0 Å². The van der Waals surface area contributed by atoms with Crippen LogP contribution in [0.1, 0.15) is 27.0 Å². The number of halogens is 3. The van der Waals surface area contributed by atoms with Crippen LogP contribution in [0.2, 0.25) is 0 Å². The predicted octanol–water partition coefficient (Wildman–Crippen LogP) is 4.57. The van der Waals surface area contributed by atoms with Crippen LogP contribution in [0.5, 0.6) is 0 Å². The molecular weight excluding hydrogens is 383 g/mol. The number of nitrogens with one attached hydrogen (secondary N) is 1. The summed E-state index contributed by atoms with van der Waals surface area (Å²) in [4.78, 5) is 12.4. The number of aromatic nitrogens is 2. The van der Waals surface area contributed by atoms with Crippen molar-refractivity contribution in [2.75, 3.05) is 11.9 Å². The van der Waals surface area contributed by atoms with Gasteiger partial charge in [0.05, 0.1) is 25.0 Å². The van der Waals surface area contributed by atoms with Crippen molar-refractivity contribution in [1.82, 2.24) is 9.78 Å². The molecule has 0 aliphatic carbocycles. The van der Waals surface area contributed by atoms with Crippen molar-refractivity contribution < 1.29 is 22.7 Å². The number of anilines is 1. The molecule has 0 unspecified atom stereocenters. The Hall–Kier alpha value is -3.13. The lowest BCUT2D eigenvalue weighted by molar-refractivity contribution is -0.176. The smallest absolute Gasteiger partial charge is 0.367 e. The van der Waals surface area contributed by atoms with Crippen LogP contribution in [0.25, 0.3) is 0 Å². The third kappa shape index (κ3) is 6.46. The summed E-state index contributed by atoms with van der Waals surface area (Å²) >= 11 is 0. The van der Waals surface area contributed by atoms with Crippen molar-refractivity contribution in [2.45, 2.75) is 26.3 Å². The van der Waals surface area contributed by atoms with Crippen molar-refractivity contribution in [3.05, 3.63) is 83.2 Å². The molecule has 0 aliphatic heterocycles. The molecule has 0 bridgehead atoms. The Morgan fingerprint density at radius 1 is 1.14 bits per heavy atom. The van der Waals surface area contributed by atoms with E-state index in [9.17, 15) is 18.0 Å². The molecule has 0 spiro atoms. The van der Waals surface area contributed by atoms with E-state index in [4.69, 9.17) is 0 Å². The monoisotopic (exact) mass is 403 g/mol.